The summed E-state index contributed by atoms with van der Waals surface area (Å²) < 4.78 is 0. The summed E-state index contributed by atoms with van der Waals surface area (Å²) in [7, 11) is 0. The van der Waals surface area contributed by atoms with Crippen molar-refractivity contribution in [3.8, 4) is 0 Å². The zero-order valence-electron chi connectivity index (χ0n) is 17.7. The maximum absolute atomic E-state index is 4.20. The van der Waals surface area contributed by atoms with Crippen molar-refractivity contribution in [1.29, 1.82) is 0 Å². The van der Waals surface area contributed by atoms with Gasteiger partial charge >= 0.3 is 0 Å². The van der Waals surface area contributed by atoms with Crippen molar-refractivity contribution in [3.05, 3.63) is 0 Å². The first-order valence-electron chi connectivity index (χ1n) is 11.5. The first-order chi connectivity index (χ1) is 12.3. The first kappa shape index (κ1) is 27.9. The second-order valence-corrected chi connectivity index (χ2v) is 8.35. The first-order valence-corrected chi connectivity index (χ1v) is 12.8. The lowest BCUT2D eigenvalue weighted by molar-refractivity contribution is 0.563. The molecule has 0 aliphatic carbocycles. The van der Waals surface area contributed by atoms with Crippen LogP contribution in [-0.2, 0) is 0 Å². The van der Waals surface area contributed by atoms with E-state index in [0.717, 1.165) is 11.5 Å². The molecular formula is C23H50S2. The van der Waals surface area contributed by atoms with Crippen molar-refractivity contribution in [1.82, 2.24) is 0 Å². The highest BCUT2D eigenvalue weighted by Crippen LogP contribution is 2.11. The summed E-state index contributed by atoms with van der Waals surface area (Å²) in [6.07, 6.45) is 26.9. The predicted molar refractivity (Wildman–Crippen MR) is 127 cm³/mol. The van der Waals surface area contributed by atoms with E-state index in [1.807, 2.05) is 0 Å². The van der Waals surface area contributed by atoms with Crippen molar-refractivity contribution in [2.24, 2.45) is 0 Å². The van der Waals surface area contributed by atoms with Crippen LogP contribution >= 0.6 is 25.3 Å². The minimum absolute atomic E-state index is 1.07. The van der Waals surface area contributed by atoms with Crippen LogP contribution in [-0.4, -0.2) is 11.5 Å². The van der Waals surface area contributed by atoms with Crippen LogP contribution in [0.4, 0.5) is 0 Å². The Hall–Kier alpha value is 0.700. The van der Waals surface area contributed by atoms with Gasteiger partial charge in [-0.2, -0.15) is 25.3 Å². The number of rotatable bonds is 19. The molecule has 0 bridgehead atoms. The molecule has 2 heteroatoms. The number of hydrogen-bond acceptors (Lipinski definition) is 2. The summed E-state index contributed by atoms with van der Waals surface area (Å²) in [5.41, 5.74) is 0. The van der Waals surface area contributed by atoms with Gasteiger partial charge in [-0.25, -0.2) is 0 Å². The van der Waals surface area contributed by atoms with Gasteiger partial charge in [-0.1, -0.05) is 123 Å². The van der Waals surface area contributed by atoms with E-state index in [0.29, 0.717) is 0 Å². The lowest BCUT2D eigenvalue weighted by atomic mass is 10.1. The second kappa shape index (κ2) is 29.5. The molecule has 0 aromatic rings. The molecule has 0 unspecified atom stereocenters. The van der Waals surface area contributed by atoms with Gasteiger partial charge in [-0.15, -0.1) is 0 Å². The number of unbranched alkanes of at least 4 members (excludes halogenated alkanes) is 17. The SMILES string of the molecule is CCCCCCCCCCCCS.CCCCCCCCCCCS. The van der Waals surface area contributed by atoms with Gasteiger partial charge in [0.2, 0.25) is 0 Å². The fraction of sp³-hybridized carbons (Fsp3) is 1.00. The Morgan fingerprint density at radius 1 is 0.320 bits per heavy atom. The predicted octanol–water partition coefficient (Wildman–Crippen LogP) is 9.28. The minimum Gasteiger partial charge on any atom is -0.179 e. The van der Waals surface area contributed by atoms with Gasteiger partial charge in [-0.3, -0.25) is 0 Å². The third-order valence-corrected chi connectivity index (χ3v) is 5.41. The molecule has 154 valence electrons. The van der Waals surface area contributed by atoms with Crippen LogP contribution in [0.5, 0.6) is 0 Å². The van der Waals surface area contributed by atoms with Crippen molar-refractivity contribution in [2.75, 3.05) is 11.5 Å². The van der Waals surface area contributed by atoms with Crippen LogP contribution in [0.1, 0.15) is 136 Å². The van der Waals surface area contributed by atoms with E-state index < -0.39 is 0 Å². The number of hydrogen-bond donors (Lipinski definition) is 2. The minimum atomic E-state index is 1.07. The summed E-state index contributed by atoms with van der Waals surface area (Å²) in [5.74, 6) is 2.13. The smallest absolute Gasteiger partial charge is 0.00979 e. The monoisotopic (exact) mass is 390 g/mol. The fourth-order valence-electron chi connectivity index (χ4n) is 3.02. The third kappa shape index (κ3) is 32.8. The van der Waals surface area contributed by atoms with E-state index in [9.17, 15) is 0 Å². The molecule has 0 heterocycles. The molecule has 0 fully saturated rings. The van der Waals surface area contributed by atoms with Crippen LogP contribution in [0.15, 0.2) is 0 Å². The van der Waals surface area contributed by atoms with Crippen LogP contribution in [0.2, 0.25) is 0 Å². The maximum Gasteiger partial charge on any atom is -0.00979 e. The zero-order chi connectivity index (χ0) is 18.8. The molecule has 0 aromatic heterocycles. The van der Waals surface area contributed by atoms with E-state index in [-0.39, 0.29) is 0 Å². The molecule has 0 saturated heterocycles. The van der Waals surface area contributed by atoms with E-state index in [1.54, 1.807) is 0 Å². The topological polar surface area (TPSA) is 0 Å². The van der Waals surface area contributed by atoms with Gasteiger partial charge in [-0.05, 0) is 24.3 Å². The summed E-state index contributed by atoms with van der Waals surface area (Å²) >= 11 is 8.39. The Bertz CT molecular complexity index is 175. The van der Waals surface area contributed by atoms with Gasteiger partial charge in [0.05, 0.1) is 0 Å². The Kier molecular flexibility index (Phi) is 32.9. The highest BCUT2D eigenvalue weighted by atomic mass is 32.1. The lowest BCUT2D eigenvalue weighted by Crippen LogP contribution is -1.81. The molecule has 0 nitrogen and oxygen atoms in total. The van der Waals surface area contributed by atoms with E-state index >= 15 is 0 Å². The summed E-state index contributed by atoms with van der Waals surface area (Å²) in [5, 5.41) is 0. The van der Waals surface area contributed by atoms with Gasteiger partial charge in [0.15, 0.2) is 0 Å². The molecule has 0 spiro atoms. The molecule has 0 N–H and O–H groups in total. The average Bonchev–Trinajstić information content (AvgIpc) is 2.63. The molecule has 0 aliphatic heterocycles. The number of thiol groups is 2. The fourth-order valence-corrected chi connectivity index (χ4v) is 3.47. The van der Waals surface area contributed by atoms with Gasteiger partial charge in [0.25, 0.3) is 0 Å². The zero-order valence-corrected chi connectivity index (χ0v) is 19.5. The second-order valence-electron chi connectivity index (χ2n) is 7.46. The molecule has 0 aliphatic rings. The highest BCUT2D eigenvalue weighted by Gasteiger charge is 1.91. The van der Waals surface area contributed by atoms with E-state index in [2.05, 4.69) is 39.1 Å². The molecule has 0 radical (unpaired) electrons. The van der Waals surface area contributed by atoms with Crippen molar-refractivity contribution >= 4 is 25.3 Å². The standard InChI is InChI=1S/C12H26S.C11H24S/c1-2-3-4-5-6-7-8-9-10-11-12-13;1-2-3-4-5-6-7-8-9-10-11-12/h13H,2-12H2,1H3;12H,2-11H2,1H3. The molecule has 0 rings (SSSR count). The average molecular weight is 391 g/mol. The summed E-state index contributed by atoms with van der Waals surface area (Å²) in [4.78, 5) is 0. The molecule has 0 amide bonds. The highest BCUT2D eigenvalue weighted by molar-refractivity contribution is 7.80. The third-order valence-electron chi connectivity index (χ3n) is 4.77. The van der Waals surface area contributed by atoms with E-state index in [1.165, 1.54) is 122 Å². The van der Waals surface area contributed by atoms with Crippen molar-refractivity contribution in [2.45, 2.75) is 136 Å². The van der Waals surface area contributed by atoms with Crippen LogP contribution in [0.25, 0.3) is 0 Å². The molecule has 25 heavy (non-hydrogen) atoms. The summed E-state index contributed by atoms with van der Waals surface area (Å²) in [6.45, 7) is 4.55. The van der Waals surface area contributed by atoms with Crippen molar-refractivity contribution in [3.63, 3.8) is 0 Å². The quantitative estimate of drug-likeness (QED) is 0.159. The molecule has 0 atom stereocenters. The van der Waals surface area contributed by atoms with Gasteiger partial charge in [0, 0.05) is 0 Å². The molecule has 0 saturated carbocycles. The van der Waals surface area contributed by atoms with Crippen LogP contribution in [0, 0.1) is 0 Å². The van der Waals surface area contributed by atoms with Crippen molar-refractivity contribution < 1.29 is 0 Å². The normalized spacial score (nSPS) is 10.6. The van der Waals surface area contributed by atoms with Crippen LogP contribution in [0.3, 0.4) is 0 Å². The summed E-state index contributed by atoms with van der Waals surface area (Å²) in [6, 6.07) is 0. The van der Waals surface area contributed by atoms with Gasteiger partial charge < -0.3 is 0 Å². The Labute approximate surface area is 172 Å². The lowest BCUT2D eigenvalue weighted by Gasteiger charge is -2.00. The Morgan fingerprint density at radius 3 is 0.720 bits per heavy atom. The maximum atomic E-state index is 4.20. The largest absolute Gasteiger partial charge is 0.179 e. The van der Waals surface area contributed by atoms with Gasteiger partial charge in [0.1, 0.15) is 0 Å². The Morgan fingerprint density at radius 2 is 0.520 bits per heavy atom. The van der Waals surface area contributed by atoms with Crippen LogP contribution < -0.4 is 0 Å². The molecular weight excluding hydrogens is 340 g/mol. The molecule has 0 aromatic carbocycles. The van der Waals surface area contributed by atoms with E-state index in [4.69, 9.17) is 0 Å². The Balaban J connectivity index is 0.